The molecule has 0 saturated heterocycles. The lowest BCUT2D eigenvalue weighted by Gasteiger charge is -2.11. The molecule has 0 bridgehead atoms. The minimum Gasteiger partial charge on any atom is -0.497 e. The highest BCUT2D eigenvalue weighted by Gasteiger charge is 2.19. The minimum atomic E-state index is -0.261. The van der Waals surface area contributed by atoms with E-state index in [4.69, 9.17) is 9.47 Å². The molecule has 3 rings (SSSR count). The normalized spacial score (nSPS) is 10.5. The number of aromatic nitrogens is 2. The van der Waals surface area contributed by atoms with Crippen LogP contribution in [0.25, 0.3) is 5.69 Å². The SMILES string of the molecule is COc1ccc(C(=O)Nc2c(C)nn(-c3ccccc3)c2C)c(OC)c1. The van der Waals surface area contributed by atoms with Crippen LogP contribution in [0.4, 0.5) is 5.69 Å². The second-order valence-corrected chi connectivity index (χ2v) is 5.81. The highest BCUT2D eigenvalue weighted by atomic mass is 16.5. The summed E-state index contributed by atoms with van der Waals surface area (Å²) in [7, 11) is 3.09. The number of rotatable bonds is 5. The van der Waals surface area contributed by atoms with Crippen molar-refractivity contribution in [3.8, 4) is 17.2 Å². The summed E-state index contributed by atoms with van der Waals surface area (Å²) in [5.41, 5.74) is 3.66. The van der Waals surface area contributed by atoms with Crippen LogP contribution in [0.15, 0.2) is 48.5 Å². The van der Waals surface area contributed by atoms with Crippen molar-refractivity contribution in [2.45, 2.75) is 13.8 Å². The molecule has 0 unspecified atom stereocenters. The summed E-state index contributed by atoms with van der Waals surface area (Å²) < 4.78 is 12.3. The minimum absolute atomic E-state index is 0.261. The summed E-state index contributed by atoms with van der Waals surface area (Å²) in [6, 6.07) is 14.9. The van der Waals surface area contributed by atoms with E-state index in [9.17, 15) is 4.79 Å². The molecule has 0 atom stereocenters. The van der Waals surface area contributed by atoms with E-state index in [-0.39, 0.29) is 5.91 Å². The van der Waals surface area contributed by atoms with Crippen molar-refractivity contribution in [3.05, 3.63) is 65.5 Å². The zero-order valence-corrected chi connectivity index (χ0v) is 15.2. The molecule has 1 N–H and O–H groups in total. The number of para-hydroxylation sites is 1. The first-order valence-electron chi connectivity index (χ1n) is 8.20. The number of nitrogens with one attached hydrogen (secondary N) is 1. The number of hydrogen-bond donors (Lipinski definition) is 1. The van der Waals surface area contributed by atoms with Gasteiger partial charge in [0.25, 0.3) is 5.91 Å². The Balaban J connectivity index is 1.92. The zero-order valence-electron chi connectivity index (χ0n) is 15.2. The van der Waals surface area contributed by atoms with Gasteiger partial charge < -0.3 is 14.8 Å². The fourth-order valence-electron chi connectivity index (χ4n) is 2.81. The highest BCUT2D eigenvalue weighted by molar-refractivity contribution is 6.06. The highest BCUT2D eigenvalue weighted by Crippen LogP contribution is 2.27. The van der Waals surface area contributed by atoms with Gasteiger partial charge in [0.05, 0.1) is 42.5 Å². The van der Waals surface area contributed by atoms with Gasteiger partial charge in [-0.2, -0.15) is 5.10 Å². The smallest absolute Gasteiger partial charge is 0.259 e. The predicted molar refractivity (Wildman–Crippen MR) is 101 cm³/mol. The largest absolute Gasteiger partial charge is 0.497 e. The summed E-state index contributed by atoms with van der Waals surface area (Å²) in [5.74, 6) is 0.818. The van der Waals surface area contributed by atoms with Crippen molar-refractivity contribution in [2.24, 2.45) is 0 Å². The van der Waals surface area contributed by atoms with Gasteiger partial charge in [-0.15, -0.1) is 0 Å². The lowest BCUT2D eigenvalue weighted by Crippen LogP contribution is -2.14. The van der Waals surface area contributed by atoms with Crippen molar-refractivity contribution in [1.82, 2.24) is 9.78 Å². The van der Waals surface area contributed by atoms with E-state index < -0.39 is 0 Å². The second kappa shape index (κ2) is 7.31. The van der Waals surface area contributed by atoms with E-state index in [1.54, 1.807) is 25.3 Å². The molecular formula is C20H21N3O3. The van der Waals surface area contributed by atoms with Crippen molar-refractivity contribution in [3.63, 3.8) is 0 Å². The lowest BCUT2D eigenvalue weighted by molar-refractivity contribution is 0.102. The standard InChI is InChI=1S/C20H21N3O3/c1-13-19(14(2)23(22-13)15-8-6-5-7-9-15)21-20(24)17-11-10-16(25-3)12-18(17)26-4/h5-12H,1-4H3,(H,21,24). The molecule has 0 spiro atoms. The van der Waals surface area contributed by atoms with Gasteiger partial charge in [-0.3, -0.25) is 4.79 Å². The Labute approximate surface area is 152 Å². The number of ether oxygens (including phenoxy) is 2. The molecule has 0 aliphatic heterocycles. The van der Waals surface area contributed by atoms with Gasteiger partial charge in [0.2, 0.25) is 0 Å². The third kappa shape index (κ3) is 3.26. The Morgan fingerprint density at radius 2 is 1.77 bits per heavy atom. The Kier molecular flexibility index (Phi) is 4.93. The Hall–Kier alpha value is -3.28. The fourth-order valence-corrected chi connectivity index (χ4v) is 2.81. The number of amides is 1. The lowest BCUT2D eigenvalue weighted by atomic mass is 10.1. The van der Waals surface area contributed by atoms with E-state index in [2.05, 4.69) is 10.4 Å². The maximum atomic E-state index is 12.8. The van der Waals surface area contributed by atoms with E-state index >= 15 is 0 Å². The van der Waals surface area contributed by atoms with Crippen LogP contribution in [-0.4, -0.2) is 29.9 Å². The third-order valence-electron chi connectivity index (χ3n) is 4.18. The van der Waals surface area contributed by atoms with Crippen molar-refractivity contribution in [1.29, 1.82) is 0 Å². The monoisotopic (exact) mass is 351 g/mol. The summed E-state index contributed by atoms with van der Waals surface area (Å²) >= 11 is 0. The number of aryl methyl sites for hydroxylation is 1. The molecule has 1 amide bonds. The molecule has 0 fully saturated rings. The number of hydrogen-bond acceptors (Lipinski definition) is 4. The number of carbonyl (C=O) groups is 1. The number of nitrogens with zero attached hydrogens (tertiary/aromatic N) is 2. The molecule has 0 aliphatic carbocycles. The van der Waals surface area contributed by atoms with Crippen LogP contribution in [0.1, 0.15) is 21.7 Å². The number of carbonyl (C=O) groups excluding carboxylic acids is 1. The number of benzene rings is 2. The van der Waals surface area contributed by atoms with Gasteiger partial charge in [0.1, 0.15) is 11.5 Å². The molecule has 3 aromatic rings. The van der Waals surface area contributed by atoms with Crippen LogP contribution in [0.2, 0.25) is 0 Å². The molecule has 6 nitrogen and oxygen atoms in total. The van der Waals surface area contributed by atoms with E-state index in [0.29, 0.717) is 22.7 Å². The average Bonchev–Trinajstić information content (AvgIpc) is 2.96. The van der Waals surface area contributed by atoms with Crippen molar-refractivity contribution < 1.29 is 14.3 Å². The summed E-state index contributed by atoms with van der Waals surface area (Å²) in [4.78, 5) is 12.8. The van der Waals surface area contributed by atoms with Gasteiger partial charge in [0, 0.05) is 6.07 Å². The third-order valence-corrected chi connectivity index (χ3v) is 4.18. The molecule has 2 aromatic carbocycles. The Bertz CT molecular complexity index is 933. The molecule has 0 radical (unpaired) electrons. The van der Waals surface area contributed by atoms with E-state index in [1.165, 1.54) is 7.11 Å². The van der Waals surface area contributed by atoms with E-state index in [1.807, 2.05) is 48.9 Å². The maximum Gasteiger partial charge on any atom is 0.259 e. The van der Waals surface area contributed by atoms with Crippen LogP contribution in [0.5, 0.6) is 11.5 Å². The van der Waals surface area contributed by atoms with Crippen LogP contribution in [0.3, 0.4) is 0 Å². The van der Waals surface area contributed by atoms with Crippen LogP contribution in [-0.2, 0) is 0 Å². The van der Waals surface area contributed by atoms with Gasteiger partial charge >= 0.3 is 0 Å². The maximum absolute atomic E-state index is 12.8. The van der Waals surface area contributed by atoms with Gasteiger partial charge in [-0.25, -0.2) is 4.68 Å². The molecular weight excluding hydrogens is 330 g/mol. The molecule has 6 heteroatoms. The molecule has 26 heavy (non-hydrogen) atoms. The first-order chi connectivity index (χ1) is 12.5. The molecule has 0 saturated carbocycles. The van der Waals surface area contributed by atoms with Crippen LogP contribution in [0, 0.1) is 13.8 Å². The van der Waals surface area contributed by atoms with Gasteiger partial charge in [-0.1, -0.05) is 18.2 Å². The van der Waals surface area contributed by atoms with Crippen LogP contribution >= 0.6 is 0 Å². The molecule has 134 valence electrons. The quantitative estimate of drug-likeness (QED) is 0.760. The fraction of sp³-hybridized carbons (Fsp3) is 0.200. The van der Waals surface area contributed by atoms with Gasteiger partial charge in [-0.05, 0) is 38.1 Å². The molecule has 1 heterocycles. The predicted octanol–water partition coefficient (Wildman–Crippen LogP) is 3.76. The first-order valence-corrected chi connectivity index (χ1v) is 8.20. The summed E-state index contributed by atoms with van der Waals surface area (Å²) in [6.07, 6.45) is 0. The van der Waals surface area contributed by atoms with E-state index in [0.717, 1.165) is 17.1 Å². The van der Waals surface area contributed by atoms with Crippen LogP contribution < -0.4 is 14.8 Å². The van der Waals surface area contributed by atoms with Crippen molar-refractivity contribution in [2.75, 3.05) is 19.5 Å². The molecule has 0 aliphatic rings. The Morgan fingerprint density at radius 1 is 1.04 bits per heavy atom. The molecule has 1 aromatic heterocycles. The Morgan fingerprint density at radius 3 is 2.42 bits per heavy atom. The first kappa shape index (κ1) is 17.5. The number of methoxy groups -OCH3 is 2. The van der Waals surface area contributed by atoms with Crippen molar-refractivity contribution >= 4 is 11.6 Å². The zero-order chi connectivity index (χ0) is 18.7. The number of anilines is 1. The summed E-state index contributed by atoms with van der Waals surface area (Å²) in [5, 5.41) is 7.50. The summed E-state index contributed by atoms with van der Waals surface area (Å²) in [6.45, 7) is 3.79. The van der Waals surface area contributed by atoms with Gasteiger partial charge in [0.15, 0.2) is 0 Å². The topological polar surface area (TPSA) is 65.4 Å². The average molecular weight is 351 g/mol. The second-order valence-electron chi connectivity index (χ2n) is 5.81.